The molecule has 0 atom stereocenters. The summed E-state index contributed by atoms with van der Waals surface area (Å²) in [6.45, 7) is 8.62. The normalized spacial score (nSPS) is 14.2. The van der Waals surface area contributed by atoms with Crippen LogP contribution in [0.1, 0.15) is 33.1 Å². The number of nitrogens with one attached hydrogen (secondary N) is 2. The van der Waals surface area contributed by atoms with Gasteiger partial charge < -0.3 is 24.8 Å². The molecular formula is C18H29N3O3. The summed E-state index contributed by atoms with van der Waals surface area (Å²) >= 11 is 0. The van der Waals surface area contributed by atoms with Gasteiger partial charge in [-0.15, -0.1) is 0 Å². The zero-order chi connectivity index (χ0) is 17.0. The van der Waals surface area contributed by atoms with Crippen LogP contribution in [-0.4, -0.2) is 45.5 Å². The van der Waals surface area contributed by atoms with Crippen molar-refractivity contribution >= 4 is 11.6 Å². The molecule has 6 nitrogen and oxygen atoms in total. The SMILES string of the molecule is CCNC(=NCCCCOCC)Nc1ccc2c(c1)OCCCO2. The summed E-state index contributed by atoms with van der Waals surface area (Å²) in [5.74, 6) is 2.37. The quantitative estimate of drug-likeness (QED) is 0.434. The number of ether oxygens (including phenoxy) is 3. The number of fused-ring (bicyclic) bond motifs is 1. The predicted octanol–water partition coefficient (Wildman–Crippen LogP) is 3.04. The molecule has 0 bridgehead atoms. The number of guanidine groups is 1. The zero-order valence-electron chi connectivity index (χ0n) is 14.8. The van der Waals surface area contributed by atoms with Gasteiger partial charge in [-0.2, -0.15) is 0 Å². The van der Waals surface area contributed by atoms with Crippen molar-refractivity contribution in [2.45, 2.75) is 33.1 Å². The number of hydrogen-bond donors (Lipinski definition) is 2. The first-order valence-corrected chi connectivity index (χ1v) is 8.86. The number of nitrogens with zero attached hydrogens (tertiary/aromatic N) is 1. The number of hydrogen-bond acceptors (Lipinski definition) is 4. The molecule has 2 rings (SSSR count). The molecule has 0 radical (unpaired) electrons. The highest BCUT2D eigenvalue weighted by atomic mass is 16.5. The third kappa shape index (κ3) is 6.28. The summed E-state index contributed by atoms with van der Waals surface area (Å²) < 4.78 is 16.7. The molecule has 0 aromatic heterocycles. The van der Waals surface area contributed by atoms with E-state index in [1.807, 2.05) is 25.1 Å². The Hall–Kier alpha value is -1.95. The van der Waals surface area contributed by atoms with Gasteiger partial charge in [0.05, 0.1) is 13.2 Å². The van der Waals surface area contributed by atoms with Crippen LogP contribution in [0.25, 0.3) is 0 Å². The fourth-order valence-corrected chi connectivity index (χ4v) is 2.34. The Bertz CT molecular complexity index is 520. The number of anilines is 1. The van der Waals surface area contributed by atoms with Crippen LogP contribution in [0.5, 0.6) is 11.5 Å². The molecule has 1 aromatic carbocycles. The first-order valence-electron chi connectivity index (χ1n) is 8.86. The average molecular weight is 335 g/mol. The molecule has 0 unspecified atom stereocenters. The Labute approximate surface area is 144 Å². The van der Waals surface area contributed by atoms with Crippen molar-refractivity contribution in [2.75, 3.05) is 44.8 Å². The van der Waals surface area contributed by atoms with Crippen LogP contribution >= 0.6 is 0 Å². The van der Waals surface area contributed by atoms with Crippen molar-refractivity contribution in [1.29, 1.82) is 0 Å². The van der Waals surface area contributed by atoms with E-state index in [9.17, 15) is 0 Å². The molecular weight excluding hydrogens is 306 g/mol. The van der Waals surface area contributed by atoms with Crippen molar-refractivity contribution in [3.05, 3.63) is 18.2 Å². The monoisotopic (exact) mass is 335 g/mol. The second-order valence-corrected chi connectivity index (χ2v) is 5.50. The summed E-state index contributed by atoms with van der Waals surface area (Å²) in [4.78, 5) is 4.60. The maximum Gasteiger partial charge on any atom is 0.195 e. The van der Waals surface area contributed by atoms with E-state index < -0.39 is 0 Å². The maximum absolute atomic E-state index is 5.73. The van der Waals surface area contributed by atoms with E-state index in [0.717, 1.165) is 68.7 Å². The molecule has 0 aliphatic carbocycles. The van der Waals surface area contributed by atoms with Gasteiger partial charge in [0, 0.05) is 44.5 Å². The van der Waals surface area contributed by atoms with Gasteiger partial charge in [-0.25, -0.2) is 0 Å². The van der Waals surface area contributed by atoms with Crippen LogP contribution in [0, 0.1) is 0 Å². The van der Waals surface area contributed by atoms with Crippen LogP contribution in [0.4, 0.5) is 5.69 Å². The highest BCUT2D eigenvalue weighted by Crippen LogP contribution is 2.32. The van der Waals surface area contributed by atoms with Crippen molar-refractivity contribution in [2.24, 2.45) is 4.99 Å². The van der Waals surface area contributed by atoms with Crippen molar-refractivity contribution in [1.82, 2.24) is 5.32 Å². The molecule has 1 aliphatic heterocycles. The lowest BCUT2D eigenvalue weighted by Crippen LogP contribution is -2.30. The Morgan fingerprint density at radius 2 is 2.00 bits per heavy atom. The van der Waals surface area contributed by atoms with Gasteiger partial charge in [-0.05, 0) is 38.8 Å². The predicted molar refractivity (Wildman–Crippen MR) is 97.4 cm³/mol. The van der Waals surface area contributed by atoms with Gasteiger partial charge in [-0.1, -0.05) is 0 Å². The molecule has 0 spiro atoms. The molecule has 1 aliphatic rings. The molecule has 6 heteroatoms. The number of benzene rings is 1. The fraction of sp³-hybridized carbons (Fsp3) is 0.611. The van der Waals surface area contributed by atoms with Gasteiger partial charge in [0.2, 0.25) is 0 Å². The topological polar surface area (TPSA) is 64.1 Å². The molecule has 0 saturated heterocycles. The van der Waals surface area contributed by atoms with E-state index in [2.05, 4.69) is 22.5 Å². The van der Waals surface area contributed by atoms with Crippen molar-refractivity contribution < 1.29 is 14.2 Å². The standard InChI is InChI=1S/C18H29N3O3/c1-3-19-18(20-10-5-6-11-22-4-2)21-15-8-9-16-17(14-15)24-13-7-12-23-16/h8-9,14H,3-7,10-13H2,1-2H3,(H2,19,20,21). The van der Waals surface area contributed by atoms with Crippen LogP contribution in [-0.2, 0) is 4.74 Å². The van der Waals surface area contributed by atoms with Gasteiger partial charge in [0.25, 0.3) is 0 Å². The minimum absolute atomic E-state index is 0.685. The Balaban J connectivity index is 1.90. The minimum Gasteiger partial charge on any atom is -0.490 e. The van der Waals surface area contributed by atoms with E-state index in [1.54, 1.807) is 0 Å². The highest BCUT2D eigenvalue weighted by Gasteiger charge is 2.11. The minimum atomic E-state index is 0.685. The Morgan fingerprint density at radius 3 is 2.79 bits per heavy atom. The second-order valence-electron chi connectivity index (χ2n) is 5.50. The average Bonchev–Trinajstić information content (AvgIpc) is 2.83. The largest absolute Gasteiger partial charge is 0.490 e. The first-order chi connectivity index (χ1) is 11.8. The summed E-state index contributed by atoms with van der Waals surface area (Å²) in [6, 6.07) is 5.88. The van der Waals surface area contributed by atoms with E-state index in [0.29, 0.717) is 13.2 Å². The number of aliphatic imine (C=N–C) groups is 1. The van der Waals surface area contributed by atoms with Crippen LogP contribution in [0.3, 0.4) is 0 Å². The summed E-state index contributed by atoms with van der Waals surface area (Å²) in [6.07, 6.45) is 2.95. The Kier molecular flexibility index (Phi) is 8.24. The van der Waals surface area contributed by atoms with Crippen LogP contribution in [0.2, 0.25) is 0 Å². The molecule has 2 N–H and O–H groups in total. The number of rotatable bonds is 8. The lowest BCUT2D eigenvalue weighted by molar-refractivity contribution is 0.144. The van der Waals surface area contributed by atoms with Gasteiger partial charge in [0.15, 0.2) is 17.5 Å². The fourth-order valence-electron chi connectivity index (χ4n) is 2.34. The molecule has 0 fully saturated rings. The van der Waals surface area contributed by atoms with Crippen molar-refractivity contribution in [3.63, 3.8) is 0 Å². The first kappa shape index (κ1) is 18.4. The number of unbranched alkanes of at least 4 members (excludes halogenated alkanes) is 1. The third-order valence-electron chi connectivity index (χ3n) is 3.53. The van der Waals surface area contributed by atoms with Crippen LogP contribution in [0.15, 0.2) is 23.2 Å². The summed E-state index contributed by atoms with van der Waals surface area (Å²) in [5.41, 5.74) is 0.938. The second kappa shape index (κ2) is 10.8. The molecule has 0 amide bonds. The molecule has 24 heavy (non-hydrogen) atoms. The van der Waals surface area contributed by atoms with E-state index in [1.165, 1.54) is 0 Å². The highest BCUT2D eigenvalue weighted by molar-refractivity contribution is 5.93. The summed E-state index contributed by atoms with van der Waals surface area (Å²) in [5, 5.41) is 6.59. The van der Waals surface area contributed by atoms with E-state index in [-0.39, 0.29) is 0 Å². The van der Waals surface area contributed by atoms with E-state index >= 15 is 0 Å². The molecule has 134 valence electrons. The lowest BCUT2D eigenvalue weighted by Gasteiger charge is -2.13. The molecule has 0 saturated carbocycles. The van der Waals surface area contributed by atoms with Gasteiger partial charge in [-0.3, -0.25) is 4.99 Å². The van der Waals surface area contributed by atoms with Crippen molar-refractivity contribution in [3.8, 4) is 11.5 Å². The maximum atomic E-state index is 5.73. The van der Waals surface area contributed by atoms with Gasteiger partial charge >= 0.3 is 0 Å². The molecule has 1 heterocycles. The molecule has 1 aromatic rings. The smallest absolute Gasteiger partial charge is 0.195 e. The van der Waals surface area contributed by atoms with Crippen LogP contribution < -0.4 is 20.1 Å². The van der Waals surface area contributed by atoms with E-state index in [4.69, 9.17) is 14.2 Å². The summed E-state index contributed by atoms with van der Waals surface area (Å²) in [7, 11) is 0. The lowest BCUT2D eigenvalue weighted by atomic mass is 10.2. The Morgan fingerprint density at radius 1 is 1.17 bits per heavy atom. The third-order valence-corrected chi connectivity index (χ3v) is 3.53. The van der Waals surface area contributed by atoms with Gasteiger partial charge in [0.1, 0.15) is 0 Å². The zero-order valence-corrected chi connectivity index (χ0v) is 14.8.